The van der Waals surface area contributed by atoms with Gasteiger partial charge in [0.1, 0.15) is 0 Å². The van der Waals surface area contributed by atoms with E-state index in [4.69, 9.17) is 10.5 Å². The first-order valence-corrected chi connectivity index (χ1v) is 6.89. The van der Waals surface area contributed by atoms with Gasteiger partial charge in [-0.3, -0.25) is 14.5 Å². The molecule has 1 aliphatic rings. The molecule has 0 aromatic rings. The highest BCUT2D eigenvalue weighted by Gasteiger charge is 2.37. The molecule has 1 rings (SSSR count). The van der Waals surface area contributed by atoms with Gasteiger partial charge in [0.15, 0.2) is 0 Å². The fourth-order valence-electron chi connectivity index (χ4n) is 2.48. The molecule has 0 bridgehead atoms. The molecule has 6 nitrogen and oxygen atoms in total. The normalized spacial score (nSPS) is 22.8. The van der Waals surface area contributed by atoms with Gasteiger partial charge >= 0.3 is 5.97 Å². The average Bonchev–Trinajstić information content (AvgIpc) is 2.82. The molecule has 0 aromatic heterocycles. The summed E-state index contributed by atoms with van der Waals surface area (Å²) in [7, 11) is 0. The molecule has 0 spiro atoms. The van der Waals surface area contributed by atoms with Crippen LogP contribution in [0.1, 0.15) is 32.6 Å². The summed E-state index contributed by atoms with van der Waals surface area (Å²) in [6.45, 7) is 4.49. The van der Waals surface area contributed by atoms with Crippen LogP contribution < -0.4 is 5.73 Å². The van der Waals surface area contributed by atoms with E-state index in [9.17, 15) is 14.7 Å². The second kappa shape index (κ2) is 8.12. The Kier molecular flexibility index (Phi) is 6.80. The number of rotatable bonds is 9. The molecule has 0 aliphatic carbocycles. The molecule has 1 saturated heterocycles. The fourth-order valence-corrected chi connectivity index (χ4v) is 2.48. The highest BCUT2D eigenvalue weighted by Crippen LogP contribution is 2.21. The molecule has 3 N–H and O–H groups in total. The van der Waals surface area contributed by atoms with Gasteiger partial charge in [0.25, 0.3) is 0 Å². The second-order valence-corrected chi connectivity index (χ2v) is 5.01. The topological polar surface area (TPSA) is 92.9 Å². The standard InChI is InChI=1S/C13H24N2O4/c1-2-6-15(7-4-3-5-12(14)16)11-9-19-8-10(11)13(17)18/h10-11H,2-9H2,1H3,(H2,14,16)(H,17,18). The van der Waals surface area contributed by atoms with Crippen molar-refractivity contribution in [2.24, 2.45) is 11.7 Å². The largest absolute Gasteiger partial charge is 0.481 e. The van der Waals surface area contributed by atoms with E-state index in [-0.39, 0.29) is 11.9 Å². The van der Waals surface area contributed by atoms with Gasteiger partial charge in [-0.05, 0) is 32.4 Å². The molecule has 1 aliphatic heterocycles. The Bertz CT molecular complexity index is 309. The molecule has 2 atom stereocenters. The van der Waals surface area contributed by atoms with Gasteiger partial charge in [-0.15, -0.1) is 0 Å². The highest BCUT2D eigenvalue weighted by atomic mass is 16.5. The number of primary amides is 1. The molecule has 1 amide bonds. The predicted octanol–water partition coefficient (Wildman–Crippen LogP) is 0.454. The lowest BCUT2D eigenvalue weighted by Gasteiger charge is -2.30. The molecule has 1 heterocycles. The van der Waals surface area contributed by atoms with E-state index in [1.54, 1.807) is 0 Å². The third-order valence-electron chi connectivity index (χ3n) is 3.47. The summed E-state index contributed by atoms with van der Waals surface area (Å²) in [5, 5.41) is 9.18. The summed E-state index contributed by atoms with van der Waals surface area (Å²) in [6.07, 6.45) is 2.97. The van der Waals surface area contributed by atoms with E-state index in [0.717, 1.165) is 32.4 Å². The van der Waals surface area contributed by atoms with Crippen molar-refractivity contribution in [3.63, 3.8) is 0 Å². The third-order valence-corrected chi connectivity index (χ3v) is 3.47. The maximum absolute atomic E-state index is 11.2. The van der Waals surface area contributed by atoms with E-state index in [0.29, 0.717) is 19.6 Å². The SMILES string of the molecule is CCCN(CCCCC(N)=O)C1COCC1C(=O)O. The van der Waals surface area contributed by atoms with E-state index in [1.165, 1.54) is 0 Å². The molecule has 6 heteroatoms. The van der Waals surface area contributed by atoms with Crippen LogP contribution in [-0.2, 0) is 14.3 Å². The maximum Gasteiger partial charge on any atom is 0.310 e. The summed E-state index contributed by atoms with van der Waals surface area (Å²) in [4.78, 5) is 24.0. The quantitative estimate of drug-likeness (QED) is 0.595. The lowest BCUT2D eigenvalue weighted by Crippen LogP contribution is -2.44. The summed E-state index contributed by atoms with van der Waals surface area (Å²) in [5.74, 6) is -1.52. The smallest absolute Gasteiger partial charge is 0.310 e. The molecular formula is C13H24N2O4. The Morgan fingerprint density at radius 1 is 1.32 bits per heavy atom. The number of hydrogen-bond acceptors (Lipinski definition) is 4. The van der Waals surface area contributed by atoms with Gasteiger partial charge < -0.3 is 15.6 Å². The molecule has 19 heavy (non-hydrogen) atoms. The Labute approximate surface area is 113 Å². The lowest BCUT2D eigenvalue weighted by molar-refractivity contribution is -0.143. The van der Waals surface area contributed by atoms with Crippen LogP contribution >= 0.6 is 0 Å². The first kappa shape index (κ1) is 15.9. The number of nitrogens with zero attached hydrogens (tertiary/aromatic N) is 1. The first-order chi connectivity index (χ1) is 9.06. The van der Waals surface area contributed by atoms with E-state index in [1.807, 2.05) is 0 Å². The molecule has 0 aromatic carbocycles. The number of nitrogens with two attached hydrogens (primary N) is 1. The number of carboxylic acid groups (broad SMARTS) is 1. The van der Waals surface area contributed by atoms with E-state index < -0.39 is 11.9 Å². The van der Waals surface area contributed by atoms with Gasteiger partial charge in [-0.1, -0.05) is 6.92 Å². The zero-order valence-corrected chi connectivity index (χ0v) is 11.5. The number of aliphatic carboxylic acids is 1. The van der Waals surface area contributed by atoms with Crippen LogP contribution in [0.15, 0.2) is 0 Å². The minimum atomic E-state index is -0.791. The van der Waals surface area contributed by atoms with Gasteiger partial charge in [-0.25, -0.2) is 0 Å². The summed E-state index contributed by atoms with van der Waals surface area (Å²) in [5.41, 5.74) is 5.10. The Hall–Kier alpha value is -1.14. The molecule has 0 saturated carbocycles. The van der Waals surface area contributed by atoms with Crippen molar-refractivity contribution in [2.45, 2.75) is 38.6 Å². The minimum absolute atomic E-state index is 0.0500. The third kappa shape index (κ3) is 5.16. The van der Waals surface area contributed by atoms with Crippen LogP contribution in [-0.4, -0.2) is 54.2 Å². The number of carbonyl (C=O) groups excluding carboxylic acids is 1. The number of carbonyl (C=O) groups is 2. The molecular weight excluding hydrogens is 248 g/mol. The molecule has 1 fully saturated rings. The molecule has 2 unspecified atom stereocenters. The van der Waals surface area contributed by atoms with Crippen LogP contribution in [0.2, 0.25) is 0 Å². The number of unbranched alkanes of at least 4 members (excludes halogenated alkanes) is 1. The van der Waals surface area contributed by atoms with Crippen molar-refractivity contribution >= 4 is 11.9 Å². The second-order valence-electron chi connectivity index (χ2n) is 5.01. The van der Waals surface area contributed by atoms with Crippen molar-refractivity contribution in [2.75, 3.05) is 26.3 Å². The maximum atomic E-state index is 11.2. The first-order valence-electron chi connectivity index (χ1n) is 6.89. The van der Waals surface area contributed by atoms with E-state index in [2.05, 4.69) is 11.8 Å². The number of ether oxygens (including phenoxy) is 1. The zero-order valence-electron chi connectivity index (χ0n) is 11.5. The molecule has 0 radical (unpaired) electrons. The van der Waals surface area contributed by atoms with Crippen LogP contribution in [0.3, 0.4) is 0 Å². The van der Waals surface area contributed by atoms with Crippen molar-refractivity contribution < 1.29 is 19.4 Å². The van der Waals surface area contributed by atoms with Gasteiger partial charge in [0.2, 0.25) is 5.91 Å². The fraction of sp³-hybridized carbons (Fsp3) is 0.846. The summed E-state index contributed by atoms with van der Waals surface area (Å²) >= 11 is 0. The van der Waals surface area contributed by atoms with Gasteiger partial charge in [0, 0.05) is 12.5 Å². The van der Waals surface area contributed by atoms with Crippen LogP contribution in [0.4, 0.5) is 0 Å². The average molecular weight is 272 g/mol. The monoisotopic (exact) mass is 272 g/mol. The predicted molar refractivity (Wildman–Crippen MR) is 70.6 cm³/mol. The van der Waals surface area contributed by atoms with Crippen LogP contribution in [0.25, 0.3) is 0 Å². The van der Waals surface area contributed by atoms with Crippen molar-refractivity contribution in [1.82, 2.24) is 4.90 Å². The Morgan fingerprint density at radius 2 is 2.05 bits per heavy atom. The number of hydrogen-bond donors (Lipinski definition) is 2. The lowest BCUT2D eigenvalue weighted by atomic mass is 10.0. The summed E-state index contributed by atoms with van der Waals surface area (Å²) < 4.78 is 5.31. The Morgan fingerprint density at radius 3 is 2.63 bits per heavy atom. The Balaban J connectivity index is 2.46. The van der Waals surface area contributed by atoms with Crippen molar-refractivity contribution in [3.05, 3.63) is 0 Å². The van der Waals surface area contributed by atoms with Gasteiger partial charge in [0.05, 0.1) is 19.1 Å². The number of amides is 1. The van der Waals surface area contributed by atoms with Gasteiger partial charge in [-0.2, -0.15) is 0 Å². The number of carboxylic acids is 1. The summed E-state index contributed by atoms with van der Waals surface area (Å²) in [6, 6.07) is -0.0500. The van der Waals surface area contributed by atoms with Crippen LogP contribution in [0, 0.1) is 5.92 Å². The molecule has 110 valence electrons. The van der Waals surface area contributed by atoms with E-state index >= 15 is 0 Å². The minimum Gasteiger partial charge on any atom is -0.481 e. The van der Waals surface area contributed by atoms with Crippen molar-refractivity contribution in [1.29, 1.82) is 0 Å². The van der Waals surface area contributed by atoms with Crippen LogP contribution in [0.5, 0.6) is 0 Å². The van der Waals surface area contributed by atoms with Crippen molar-refractivity contribution in [3.8, 4) is 0 Å². The highest BCUT2D eigenvalue weighted by molar-refractivity contribution is 5.73. The zero-order chi connectivity index (χ0) is 14.3.